The zero-order chi connectivity index (χ0) is 21.4. The molecule has 1 saturated heterocycles. The second-order valence-electron chi connectivity index (χ2n) is 6.02. The van der Waals surface area contributed by atoms with E-state index in [0.717, 1.165) is 6.26 Å². The average Bonchev–Trinajstić information content (AvgIpc) is 2.69. The first-order valence-electron chi connectivity index (χ1n) is 8.28. The fourth-order valence-electron chi connectivity index (χ4n) is 2.88. The third-order valence-electron chi connectivity index (χ3n) is 4.03. The molecule has 1 aliphatic rings. The highest BCUT2D eigenvalue weighted by molar-refractivity contribution is 7.86. The minimum Gasteiger partial charge on any atom is -0.354 e. The minimum absolute atomic E-state index is 0.312. The molecule has 1 heterocycles. The summed E-state index contributed by atoms with van der Waals surface area (Å²) in [4.78, 5) is 17.9. The Balaban J connectivity index is 2.42. The third kappa shape index (κ3) is 6.06. The molecule has 0 aliphatic carbocycles. The van der Waals surface area contributed by atoms with Crippen LogP contribution < -0.4 is 5.32 Å². The molecule has 0 unspecified atom stereocenters. The average molecular weight is 425 g/mol. The molecular weight excluding hydrogens is 406 g/mol. The topological polar surface area (TPSA) is 188 Å². The van der Waals surface area contributed by atoms with Crippen LogP contribution in [0.3, 0.4) is 0 Å². The number of nitrogens with zero attached hydrogens (tertiary/aromatic N) is 6. The van der Waals surface area contributed by atoms with E-state index in [-0.39, 0.29) is 6.54 Å². The molecule has 2 rings (SSSR count). The van der Waals surface area contributed by atoms with Gasteiger partial charge >= 0.3 is 0 Å². The number of carbonyl (C=O) groups is 1. The van der Waals surface area contributed by atoms with Crippen LogP contribution in [0.15, 0.2) is 40.6 Å². The highest BCUT2D eigenvalue weighted by Gasteiger charge is 2.48. The highest BCUT2D eigenvalue weighted by atomic mass is 32.2. The molecule has 1 amide bonds. The van der Waals surface area contributed by atoms with E-state index in [4.69, 9.17) is 24.7 Å². The first-order valence-corrected chi connectivity index (χ1v) is 10.1. The van der Waals surface area contributed by atoms with Gasteiger partial charge in [0.25, 0.3) is 16.0 Å². The fourth-order valence-corrected chi connectivity index (χ4v) is 3.52. The molecule has 14 heteroatoms. The van der Waals surface area contributed by atoms with Crippen molar-refractivity contribution in [3.05, 3.63) is 56.8 Å². The largest absolute Gasteiger partial charge is 0.354 e. The first kappa shape index (κ1) is 22.4. The van der Waals surface area contributed by atoms with Gasteiger partial charge in [-0.3, -0.25) is 8.98 Å². The number of nitrogens with one attached hydrogen (secondary N) is 1. The minimum atomic E-state index is -4.01. The molecule has 0 radical (unpaired) electrons. The monoisotopic (exact) mass is 425 g/mol. The van der Waals surface area contributed by atoms with Gasteiger partial charge in [-0.05, 0) is 23.2 Å². The third-order valence-corrected chi connectivity index (χ3v) is 4.61. The van der Waals surface area contributed by atoms with E-state index < -0.39 is 46.6 Å². The van der Waals surface area contributed by atoms with Gasteiger partial charge in [0, 0.05) is 22.5 Å². The molecule has 13 nitrogen and oxygen atoms in total. The molecule has 0 saturated carbocycles. The number of amides is 1. The lowest BCUT2D eigenvalue weighted by Crippen LogP contribution is -2.64. The van der Waals surface area contributed by atoms with Crippen molar-refractivity contribution in [2.24, 2.45) is 10.2 Å². The van der Waals surface area contributed by atoms with Crippen molar-refractivity contribution in [2.75, 3.05) is 19.9 Å². The Morgan fingerprint density at radius 3 is 2.52 bits per heavy atom. The number of benzene rings is 1. The number of methoxy groups -OCH3 is 1. The molecule has 0 bridgehead atoms. The summed E-state index contributed by atoms with van der Waals surface area (Å²) in [5, 5.41) is 9.62. The van der Waals surface area contributed by atoms with Crippen LogP contribution in [0.1, 0.15) is 10.4 Å². The summed E-state index contributed by atoms with van der Waals surface area (Å²) in [6.07, 6.45) is -2.79. The van der Waals surface area contributed by atoms with Crippen molar-refractivity contribution in [1.29, 1.82) is 0 Å². The maximum absolute atomic E-state index is 12.6. The van der Waals surface area contributed by atoms with Gasteiger partial charge in [0.05, 0.1) is 31.0 Å². The number of carbonyl (C=O) groups excluding carboxylic acids is 1. The zero-order valence-corrected chi connectivity index (χ0v) is 16.3. The van der Waals surface area contributed by atoms with Crippen LogP contribution in [0.2, 0.25) is 0 Å². The standard InChI is InChI=1S/C15H19N7O6S/c1-26-15-12(19-14(23)9-6-4-3-5-7-9)11(20-22-17)13(28-29(2,24)25)10(27-15)8-18-21-16/h3-7,10-13,15H,8H2,1-2H3,(H,19,23)/t10-,11-,12+,13-,15+/m0/s1. The van der Waals surface area contributed by atoms with E-state index in [1.54, 1.807) is 30.3 Å². The molecule has 1 aromatic carbocycles. The Labute approximate surface area is 166 Å². The Morgan fingerprint density at radius 1 is 1.28 bits per heavy atom. The SMILES string of the molecule is CO[C@@H]1O[C@@H](CN=[N+]=[N-])[C@H](OS(C)(=O)=O)[C@@H](N=[N+]=[N-])[C@H]1NC(=O)c1ccccc1. The van der Waals surface area contributed by atoms with E-state index >= 15 is 0 Å². The molecular formula is C15H19N7O6S. The van der Waals surface area contributed by atoms with Crippen molar-refractivity contribution in [2.45, 2.75) is 30.6 Å². The summed E-state index contributed by atoms with van der Waals surface area (Å²) >= 11 is 0. The van der Waals surface area contributed by atoms with Crippen molar-refractivity contribution in [3.8, 4) is 0 Å². The molecule has 1 aliphatic heterocycles. The molecule has 0 spiro atoms. The van der Waals surface area contributed by atoms with Crippen molar-refractivity contribution >= 4 is 16.0 Å². The zero-order valence-electron chi connectivity index (χ0n) is 15.5. The number of azide groups is 2. The number of ether oxygens (including phenoxy) is 2. The quantitative estimate of drug-likeness (QED) is 0.284. The van der Waals surface area contributed by atoms with E-state index in [0.29, 0.717) is 5.56 Å². The lowest BCUT2D eigenvalue weighted by atomic mass is 9.94. The summed E-state index contributed by atoms with van der Waals surface area (Å²) in [5.74, 6) is -0.522. The lowest BCUT2D eigenvalue weighted by molar-refractivity contribution is -0.221. The predicted octanol–water partition coefficient (Wildman–Crippen LogP) is 1.49. The molecule has 1 fully saturated rings. The molecule has 1 N–H and O–H groups in total. The number of hydrogen-bond acceptors (Lipinski definition) is 8. The Hall–Kier alpha value is -2.86. The Kier molecular flexibility index (Phi) is 7.79. The second kappa shape index (κ2) is 10.1. The second-order valence-corrected chi connectivity index (χ2v) is 7.62. The van der Waals surface area contributed by atoms with Crippen LogP contribution in [0, 0.1) is 0 Å². The van der Waals surface area contributed by atoms with Gasteiger partial charge in [-0.25, -0.2) is 0 Å². The van der Waals surface area contributed by atoms with Crippen LogP contribution in [0.4, 0.5) is 0 Å². The molecule has 0 aromatic heterocycles. The summed E-state index contributed by atoms with van der Waals surface area (Å²) < 4.78 is 39.4. The molecule has 1 aromatic rings. The van der Waals surface area contributed by atoms with Crippen LogP contribution in [0.5, 0.6) is 0 Å². The Morgan fingerprint density at radius 2 is 1.97 bits per heavy atom. The van der Waals surface area contributed by atoms with Crippen molar-refractivity contribution in [3.63, 3.8) is 0 Å². The van der Waals surface area contributed by atoms with E-state index in [9.17, 15) is 13.2 Å². The molecule has 156 valence electrons. The highest BCUT2D eigenvalue weighted by Crippen LogP contribution is 2.28. The van der Waals surface area contributed by atoms with Crippen LogP contribution in [-0.2, 0) is 23.8 Å². The maximum Gasteiger partial charge on any atom is 0.264 e. The van der Waals surface area contributed by atoms with Crippen molar-refractivity contribution in [1.82, 2.24) is 5.32 Å². The summed E-state index contributed by atoms with van der Waals surface area (Å²) in [6, 6.07) is 5.87. The van der Waals surface area contributed by atoms with E-state index in [1.165, 1.54) is 7.11 Å². The summed E-state index contributed by atoms with van der Waals surface area (Å²) in [7, 11) is -2.72. The van der Waals surface area contributed by atoms with Gasteiger partial charge in [-0.1, -0.05) is 28.4 Å². The van der Waals surface area contributed by atoms with E-state index in [2.05, 4.69) is 25.4 Å². The van der Waals surface area contributed by atoms with Gasteiger partial charge in [0.15, 0.2) is 6.29 Å². The van der Waals surface area contributed by atoms with Crippen molar-refractivity contribution < 1.29 is 26.9 Å². The summed E-state index contributed by atoms with van der Waals surface area (Å²) in [6.45, 7) is -0.312. The van der Waals surface area contributed by atoms with Gasteiger partial charge < -0.3 is 14.8 Å². The van der Waals surface area contributed by atoms with Gasteiger partial charge in [0.1, 0.15) is 6.10 Å². The fraction of sp³-hybridized carbons (Fsp3) is 0.533. The number of rotatable bonds is 8. The lowest BCUT2D eigenvalue weighted by Gasteiger charge is -2.43. The predicted molar refractivity (Wildman–Crippen MR) is 100 cm³/mol. The number of hydrogen-bond donors (Lipinski definition) is 1. The first-order chi connectivity index (χ1) is 13.8. The van der Waals surface area contributed by atoms with Crippen LogP contribution >= 0.6 is 0 Å². The van der Waals surface area contributed by atoms with Crippen LogP contribution in [-0.4, -0.2) is 64.8 Å². The van der Waals surface area contributed by atoms with Crippen LogP contribution in [0.25, 0.3) is 20.9 Å². The normalized spacial score (nSPS) is 26.6. The summed E-state index contributed by atoms with van der Waals surface area (Å²) in [5.41, 5.74) is 17.9. The Bertz CT molecular complexity index is 914. The van der Waals surface area contributed by atoms with E-state index in [1.807, 2.05) is 0 Å². The van der Waals surface area contributed by atoms with Gasteiger partial charge in [-0.15, -0.1) is 0 Å². The molecule has 5 atom stereocenters. The van der Waals surface area contributed by atoms with Gasteiger partial charge in [-0.2, -0.15) is 8.42 Å². The smallest absolute Gasteiger partial charge is 0.264 e. The molecule has 29 heavy (non-hydrogen) atoms. The van der Waals surface area contributed by atoms with Gasteiger partial charge in [0.2, 0.25) is 0 Å². The maximum atomic E-state index is 12.6.